The van der Waals surface area contributed by atoms with E-state index >= 15 is 0 Å². The molecule has 0 aliphatic rings. The molecular weight excluding hydrogens is 454 g/mol. The number of nitrogens with zero attached hydrogens (tertiary/aromatic N) is 3. The normalized spacial score (nSPS) is 12.2. The SMILES string of the molecule is COC(=O)CCc1c(C)nn(-c2ccc(C(=O)NC(CC(C)C)c3nc4ccccc4[nH]3)cc2)c1C. The van der Waals surface area contributed by atoms with Gasteiger partial charge in [0.05, 0.1) is 35.6 Å². The maximum absolute atomic E-state index is 13.2. The van der Waals surface area contributed by atoms with Gasteiger partial charge in [0.15, 0.2) is 0 Å². The molecule has 0 radical (unpaired) electrons. The predicted molar refractivity (Wildman–Crippen MR) is 139 cm³/mol. The highest BCUT2D eigenvalue weighted by molar-refractivity contribution is 5.94. The quantitative estimate of drug-likeness (QED) is 0.324. The first-order chi connectivity index (χ1) is 17.3. The minimum Gasteiger partial charge on any atom is -0.469 e. The molecule has 1 unspecified atom stereocenters. The molecule has 0 bridgehead atoms. The molecule has 0 saturated heterocycles. The van der Waals surface area contributed by atoms with Crippen LogP contribution in [0.4, 0.5) is 0 Å². The van der Waals surface area contributed by atoms with Crippen LogP contribution in [0, 0.1) is 19.8 Å². The number of carbonyl (C=O) groups is 2. The van der Waals surface area contributed by atoms with Crippen molar-refractivity contribution in [2.24, 2.45) is 5.92 Å². The highest BCUT2D eigenvalue weighted by Gasteiger charge is 2.21. The van der Waals surface area contributed by atoms with Crippen LogP contribution >= 0.6 is 0 Å². The van der Waals surface area contributed by atoms with Gasteiger partial charge in [-0.15, -0.1) is 0 Å². The van der Waals surface area contributed by atoms with Crippen LogP contribution in [0.25, 0.3) is 16.7 Å². The molecule has 0 fully saturated rings. The third-order valence-electron chi connectivity index (χ3n) is 6.37. The number of rotatable bonds is 9. The topological polar surface area (TPSA) is 102 Å². The second-order valence-electron chi connectivity index (χ2n) is 9.48. The molecule has 0 aliphatic carbocycles. The number of imidazole rings is 1. The summed E-state index contributed by atoms with van der Waals surface area (Å²) in [5.74, 6) is 0.748. The number of aromatic nitrogens is 4. The average Bonchev–Trinajstić information content (AvgIpc) is 3.42. The van der Waals surface area contributed by atoms with E-state index in [1.807, 2.05) is 54.9 Å². The number of methoxy groups -OCH3 is 1. The number of H-pyrrole nitrogens is 1. The van der Waals surface area contributed by atoms with Gasteiger partial charge in [-0.1, -0.05) is 26.0 Å². The van der Waals surface area contributed by atoms with Gasteiger partial charge in [0.1, 0.15) is 5.82 Å². The Morgan fingerprint density at radius 2 is 1.81 bits per heavy atom. The number of hydrogen-bond donors (Lipinski definition) is 2. The van der Waals surface area contributed by atoms with Crippen molar-refractivity contribution in [1.29, 1.82) is 0 Å². The minimum absolute atomic E-state index is 0.153. The summed E-state index contributed by atoms with van der Waals surface area (Å²) < 4.78 is 6.61. The van der Waals surface area contributed by atoms with Crippen molar-refractivity contribution in [3.63, 3.8) is 0 Å². The van der Waals surface area contributed by atoms with Crippen LogP contribution in [-0.2, 0) is 16.0 Å². The summed E-state index contributed by atoms with van der Waals surface area (Å²) in [5, 5.41) is 7.81. The van der Waals surface area contributed by atoms with Gasteiger partial charge in [0, 0.05) is 17.7 Å². The second-order valence-corrected chi connectivity index (χ2v) is 9.48. The highest BCUT2D eigenvalue weighted by Crippen LogP contribution is 2.23. The molecule has 0 aliphatic heterocycles. The number of ether oxygens (including phenoxy) is 1. The van der Waals surface area contributed by atoms with Crippen LogP contribution in [0.2, 0.25) is 0 Å². The molecule has 0 spiro atoms. The summed E-state index contributed by atoms with van der Waals surface area (Å²) in [7, 11) is 1.39. The molecule has 2 aromatic heterocycles. The van der Waals surface area contributed by atoms with Crippen molar-refractivity contribution >= 4 is 22.9 Å². The number of aromatic amines is 1. The van der Waals surface area contributed by atoms with Crippen molar-refractivity contribution < 1.29 is 14.3 Å². The number of carbonyl (C=O) groups excluding carboxylic acids is 2. The van der Waals surface area contributed by atoms with Crippen molar-refractivity contribution in [3.8, 4) is 5.69 Å². The van der Waals surface area contributed by atoms with Crippen molar-refractivity contribution in [3.05, 3.63) is 76.9 Å². The molecule has 1 atom stereocenters. The fraction of sp³-hybridized carbons (Fsp3) is 0.357. The van der Waals surface area contributed by atoms with Gasteiger partial charge < -0.3 is 15.0 Å². The van der Waals surface area contributed by atoms with Gasteiger partial charge in [-0.25, -0.2) is 9.67 Å². The average molecular weight is 488 g/mol. The summed E-state index contributed by atoms with van der Waals surface area (Å²) in [6, 6.07) is 15.0. The predicted octanol–water partition coefficient (Wildman–Crippen LogP) is 4.99. The van der Waals surface area contributed by atoms with E-state index in [4.69, 9.17) is 9.72 Å². The van der Waals surface area contributed by atoms with E-state index in [0.29, 0.717) is 24.3 Å². The van der Waals surface area contributed by atoms with Gasteiger partial charge in [0.25, 0.3) is 5.91 Å². The fourth-order valence-electron chi connectivity index (χ4n) is 4.46. The first kappa shape index (κ1) is 25.2. The minimum atomic E-state index is -0.240. The van der Waals surface area contributed by atoms with E-state index in [1.54, 1.807) is 12.1 Å². The maximum Gasteiger partial charge on any atom is 0.305 e. The van der Waals surface area contributed by atoms with Gasteiger partial charge in [-0.05, 0) is 74.6 Å². The molecule has 8 nitrogen and oxygen atoms in total. The molecule has 2 heterocycles. The summed E-state index contributed by atoms with van der Waals surface area (Å²) in [6.07, 6.45) is 1.65. The summed E-state index contributed by atoms with van der Waals surface area (Å²) >= 11 is 0. The molecule has 1 amide bonds. The van der Waals surface area contributed by atoms with E-state index in [0.717, 1.165) is 45.9 Å². The van der Waals surface area contributed by atoms with Gasteiger partial charge in [-0.2, -0.15) is 5.10 Å². The first-order valence-electron chi connectivity index (χ1n) is 12.2. The molecule has 36 heavy (non-hydrogen) atoms. The summed E-state index contributed by atoms with van der Waals surface area (Å²) in [6.45, 7) is 8.18. The molecule has 188 valence electrons. The number of esters is 1. The fourth-order valence-corrected chi connectivity index (χ4v) is 4.46. The summed E-state index contributed by atoms with van der Waals surface area (Å²) in [5.41, 5.74) is 6.13. The Kier molecular flexibility index (Phi) is 7.52. The number of para-hydroxylation sites is 2. The largest absolute Gasteiger partial charge is 0.469 e. The van der Waals surface area contributed by atoms with Crippen LogP contribution in [0.3, 0.4) is 0 Å². The van der Waals surface area contributed by atoms with Gasteiger partial charge >= 0.3 is 5.97 Å². The van der Waals surface area contributed by atoms with Crippen LogP contribution in [0.1, 0.15) is 65.9 Å². The number of aryl methyl sites for hydroxylation is 1. The molecule has 4 rings (SSSR count). The lowest BCUT2D eigenvalue weighted by Crippen LogP contribution is -2.30. The molecular formula is C28H33N5O3. The van der Waals surface area contributed by atoms with Crippen LogP contribution in [-0.4, -0.2) is 38.7 Å². The molecule has 0 saturated carbocycles. The Bertz CT molecular complexity index is 1330. The second kappa shape index (κ2) is 10.8. The van der Waals surface area contributed by atoms with E-state index in [-0.39, 0.29) is 17.9 Å². The number of nitrogens with one attached hydrogen (secondary N) is 2. The molecule has 2 aromatic carbocycles. The smallest absolute Gasteiger partial charge is 0.305 e. The third kappa shape index (κ3) is 5.48. The van der Waals surface area contributed by atoms with E-state index in [9.17, 15) is 9.59 Å². The Balaban J connectivity index is 1.51. The number of hydrogen-bond acceptors (Lipinski definition) is 5. The standard InChI is InChI=1S/C28H33N5O3/c1-17(2)16-25(27-29-23-8-6-7-9-24(23)30-27)31-28(35)20-10-12-21(13-11-20)33-19(4)22(18(3)32-33)14-15-26(34)36-5/h6-13,17,25H,14-16H2,1-5H3,(H,29,30)(H,31,35). The van der Waals surface area contributed by atoms with E-state index in [2.05, 4.69) is 29.2 Å². The summed E-state index contributed by atoms with van der Waals surface area (Å²) in [4.78, 5) is 32.8. The van der Waals surface area contributed by atoms with Crippen LogP contribution < -0.4 is 5.32 Å². The lowest BCUT2D eigenvalue weighted by atomic mass is 10.0. The monoisotopic (exact) mass is 487 g/mol. The zero-order valence-electron chi connectivity index (χ0n) is 21.5. The van der Waals surface area contributed by atoms with Gasteiger partial charge in [0.2, 0.25) is 0 Å². The Labute approximate surface area is 211 Å². The van der Waals surface area contributed by atoms with Crippen molar-refractivity contribution in [1.82, 2.24) is 25.1 Å². The maximum atomic E-state index is 13.2. The van der Waals surface area contributed by atoms with Crippen molar-refractivity contribution in [2.75, 3.05) is 7.11 Å². The number of amides is 1. The first-order valence-corrected chi connectivity index (χ1v) is 12.2. The van der Waals surface area contributed by atoms with Gasteiger partial charge in [-0.3, -0.25) is 9.59 Å². The third-order valence-corrected chi connectivity index (χ3v) is 6.37. The number of benzene rings is 2. The zero-order valence-corrected chi connectivity index (χ0v) is 21.5. The zero-order chi connectivity index (χ0) is 25.8. The Morgan fingerprint density at radius 1 is 1.08 bits per heavy atom. The lowest BCUT2D eigenvalue weighted by molar-refractivity contribution is -0.140. The molecule has 8 heteroatoms. The Hall–Kier alpha value is -3.94. The van der Waals surface area contributed by atoms with E-state index < -0.39 is 0 Å². The van der Waals surface area contributed by atoms with Crippen molar-refractivity contribution in [2.45, 2.75) is 53.0 Å². The van der Waals surface area contributed by atoms with E-state index in [1.165, 1.54) is 7.11 Å². The Morgan fingerprint density at radius 3 is 2.47 bits per heavy atom. The number of fused-ring (bicyclic) bond motifs is 1. The van der Waals surface area contributed by atoms with Crippen LogP contribution in [0.15, 0.2) is 48.5 Å². The lowest BCUT2D eigenvalue weighted by Gasteiger charge is -2.19. The van der Waals surface area contributed by atoms with Crippen LogP contribution in [0.5, 0.6) is 0 Å². The molecule has 4 aromatic rings. The highest BCUT2D eigenvalue weighted by atomic mass is 16.5. The molecule has 2 N–H and O–H groups in total.